The topological polar surface area (TPSA) is 26.0 Å². The van der Waals surface area contributed by atoms with Gasteiger partial charge >= 0.3 is 0 Å². The molecule has 0 bridgehead atoms. The van der Waals surface area contributed by atoms with Crippen LogP contribution in [-0.2, 0) is 0 Å². The molecule has 2 heteroatoms. The Morgan fingerprint density at radius 1 is 1.50 bits per heavy atom. The van der Waals surface area contributed by atoms with E-state index in [1.54, 1.807) is 12.1 Å². The average Bonchev–Trinajstić information content (AvgIpc) is 1.69. The van der Waals surface area contributed by atoms with E-state index in [-0.39, 0.29) is 12.4 Å². The van der Waals surface area contributed by atoms with Crippen LogP contribution in [0.4, 0.5) is 5.69 Å². The first-order valence-electron chi connectivity index (χ1n) is 2.03. The predicted molar refractivity (Wildman–Crippen MR) is 35.8 cm³/mol. The molecule has 0 amide bonds. The predicted octanol–water partition coefficient (Wildman–Crippen LogP) is 1.29. The lowest BCUT2D eigenvalue weighted by atomic mass is 10.4. The number of hydrogen-bond donors (Lipinski definition) is 1. The molecule has 42 valence electrons. The second-order valence-corrected chi connectivity index (χ2v) is 1.25. The molecule has 0 radical (unpaired) electrons. The largest absolute Gasteiger partial charge is 0.392 e. The molecule has 0 aliphatic carbocycles. The van der Waals surface area contributed by atoms with Gasteiger partial charge in [-0.2, -0.15) is 0 Å². The third-order valence-corrected chi connectivity index (χ3v) is 0.672. The van der Waals surface area contributed by atoms with Crippen LogP contribution < -0.4 is 5.73 Å². The van der Waals surface area contributed by atoms with Crippen LogP contribution >= 0.6 is 12.4 Å². The van der Waals surface area contributed by atoms with Gasteiger partial charge in [-0.1, -0.05) is 12.1 Å². The Hall–Kier alpha value is -0.870. The lowest BCUT2D eigenvalue weighted by Crippen LogP contribution is -1.77. The van der Waals surface area contributed by atoms with E-state index in [0.29, 0.717) is 5.69 Å². The molecular formula is C6H6ClN. The Labute approximate surface area is 54.9 Å². The van der Waals surface area contributed by atoms with Crippen molar-refractivity contribution in [1.82, 2.24) is 0 Å². The smallest absolute Gasteiger partial charge is 0.0831 e. The molecular weight excluding hydrogens is 122 g/mol. The maximum Gasteiger partial charge on any atom is 0.0831 e. The van der Waals surface area contributed by atoms with E-state index in [1.807, 2.05) is 6.07 Å². The molecule has 1 nitrogen and oxygen atoms in total. The van der Waals surface area contributed by atoms with Gasteiger partial charge in [0.2, 0.25) is 0 Å². The van der Waals surface area contributed by atoms with E-state index in [4.69, 9.17) is 5.73 Å². The summed E-state index contributed by atoms with van der Waals surface area (Å²) in [6.45, 7) is 0. The first kappa shape index (κ1) is 7.13. The zero-order chi connectivity index (χ0) is 5.11. The highest BCUT2D eigenvalue weighted by molar-refractivity contribution is 5.85. The van der Waals surface area contributed by atoms with Crippen LogP contribution in [0.1, 0.15) is 0 Å². The van der Waals surface area contributed by atoms with Crippen LogP contribution in [0, 0.1) is 12.1 Å². The van der Waals surface area contributed by atoms with Crippen molar-refractivity contribution in [1.29, 1.82) is 0 Å². The molecule has 0 aromatic heterocycles. The van der Waals surface area contributed by atoms with Crippen LogP contribution in [0.15, 0.2) is 18.2 Å². The highest BCUT2D eigenvalue weighted by Gasteiger charge is 1.69. The summed E-state index contributed by atoms with van der Waals surface area (Å²) in [5.41, 5.74) is 5.91. The molecule has 0 saturated heterocycles. The molecule has 1 rings (SSSR count). The molecule has 0 heterocycles. The summed E-state index contributed by atoms with van der Waals surface area (Å²) in [6.07, 6.45) is 0. The van der Waals surface area contributed by atoms with Crippen molar-refractivity contribution >= 4 is 18.1 Å². The maximum atomic E-state index is 5.27. The van der Waals surface area contributed by atoms with Crippen molar-refractivity contribution in [2.75, 3.05) is 5.73 Å². The quantitative estimate of drug-likeness (QED) is 0.559. The summed E-state index contributed by atoms with van der Waals surface area (Å²) in [5.74, 6) is 0. The maximum absolute atomic E-state index is 5.27. The summed E-state index contributed by atoms with van der Waals surface area (Å²) >= 11 is 0. The molecule has 8 heavy (non-hydrogen) atoms. The second-order valence-electron chi connectivity index (χ2n) is 1.25. The van der Waals surface area contributed by atoms with Gasteiger partial charge in [0.05, 0.1) is 5.69 Å². The first-order chi connectivity index (χ1) is 3.39. The molecule has 0 unspecified atom stereocenters. The average molecular weight is 128 g/mol. The minimum atomic E-state index is 0. The van der Waals surface area contributed by atoms with Gasteiger partial charge < -0.3 is 5.73 Å². The van der Waals surface area contributed by atoms with Gasteiger partial charge in [0.1, 0.15) is 0 Å². The lowest BCUT2D eigenvalue weighted by molar-refractivity contribution is 1.72. The minimum absolute atomic E-state index is 0. The molecule has 0 aliphatic heterocycles. The summed E-state index contributed by atoms with van der Waals surface area (Å²) in [4.78, 5) is 0. The molecule has 0 fully saturated rings. The van der Waals surface area contributed by atoms with E-state index in [9.17, 15) is 0 Å². The van der Waals surface area contributed by atoms with Crippen LogP contribution in [-0.4, -0.2) is 0 Å². The van der Waals surface area contributed by atoms with E-state index in [1.165, 1.54) is 0 Å². The van der Waals surface area contributed by atoms with E-state index in [2.05, 4.69) is 12.1 Å². The van der Waals surface area contributed by atoms with Gasteiger partial charge in [0, 0.05) is 0 Å². The van der Waals surface area contributed by atoms with Crippen molar-refractivity contribution in [2.45, 2.75) is 0 Å². The van der Waals surface area contributed by atoms with Crippen molar-refractivity contribution in [3.05, 3.63) is 30.3 Å². The molecule has 0 saturated carbocycles. The summed E-state index contributed by atoms with van der Waals surface area (Å²) in [6, 6.07) is 10.8. The van der Waals surface area contributed by atoms with Crippen LogP contribution in [0.25, 0.3) is 0 Å². The van der Waals surface area contributed by atoms with Crippen LogP contribution in [0.5, 0.6) is 0 Å². The number of halogens is 1. The minimum Gasteiger partial charge on any atom is -0.392 e. The molecule has 2 N–H and O–H groups in total. The van der Waals surface area contributed by atoms with Crippen LogP contribution in [0.2, 0.25) is 0 Å². The fourth-order valence-electron chi connectivity index (χ4n) is 0.367. The Kier molecular flexibility index (Phi) is 2.83. The van der Waals surface area contributed by atoms with Gasteiger partial charge in [0.25, 0.3) is 0 Å². The first-order valence-corrected chi connectivity index (χ1v) is 2.03. The van der Waals surface area contributed by atoms with Gasteiger partial charge in [-0.25, -0.2) is 0 Å². The lowest BCUT2D eigenvalue weighted by Gasteiger charge is -1.76. The zero-order valence-electron chi connectivity index (χ0n) is 4.22. The van der Waals surface area contributed by atoms with Crippen LogP contribution in [0.3, 0.4) is 0 Å². The number of nitrogen functional groups attached to an aromatic ring is 1. The van der Waals surface area contributed by atoms with Crippen molar-refractivity contribution in [3.8, 4) is 0 Å². The SMILES string of the molecule is Cl.Nc1c#cccc1. The Bertz CT molecular complexity index is 138. The van der Waals surface area contributed by atoms with E-state index < -0.39 is 0 Å². The number of anilines is 1. The molecule has 0 atom stereocenters. The highest BCUT2D eigenvalue weighted by Crippen LogP contribution is 1.89. The van der Waals surface area contributed by atoms with Gasteiger partial charge in [-0.3, -0.25) is 0 Å². The fourth-order valence-corrected chi connectivity index (χ4v) is 0.367. The standard InChI is InChI=1S/C6H5N.ClH/c7-6-4-2-1-3-5-6;/h1-2,4H,7H2;1H. The van der Waals surface area contributed by atoms with Gasteiger partial charge in [-0.05, 0) is 18.2 Å². The number of rotatable bonds is 0. The monoisotopic (exact) mass is 127 g/mol. The second kappa shape index (κ2) is 3.17. The van der Waals surface area contributed by atoms with Gasteiger partial charge in [0.15, 0.2) is 0 Å². The molecule has 1 aromatic carbocycles. The highest BCUT2D eigenvalue weighted by atomic mass is 35.5. The summed E-state index contributed by atoms with van der Waals surface area (Å²) in [7, 11) is 0. The third-order valence-electron chi connectivity index (χ3n) is 0.672. The Balaban J connectivity index is 0.000000490. The Morgan fingerprint density at radius 2 is 2.25 bits per heavy atom. The number of nitrogens with two attached hydrogens (primary N) is 1. The van der Waals surface area contributed by atoms with Crippen molar-refractivity contribution in [3.63, 3.8) is 0 Å². The summed E-state index contributed by atoms with van der Waals surface area (Å²) < 4.78 is 0. The molecule has 0 spiro atoms. The van der Waals surface area contributed by atoms with E-state index in [0.717, 1.165) is 0 Å². The fraction of sp³-hybridized carbons (Fsp3) is 0. The van der Waals surface area contributed by atoms with Crippen molar-refractivity contribution < 1.29 is 0 Å². The van der Waals surface area contributed by atoms with E-state index >= 15 is 0 Å². The molecule has 0 aliphatic rings. The molecule has 1 aromatic rings. The van der Waals surface area contributed by atoms with Gasteiger partial charge in [-0.15, -0.1) is 12.4 Å². The number of hydrogen-bond acceptors (Lipinski definition) is 1. The third kappa shape index (κ3) is 1.72. The summed E-state index contributed by atoms with van der Waals surface area (Å²) in [5, 5.41) is 0. The Morgan fingerprint density at radius 3 is 2.50 bits per heavy atom. The van der Waals surface area contributed by atoms with Crippen molar-refractivity contribution in [2.24, 2.45) is 0 Å². The normalized spacial score (nSPS) is 6.50. The zero-order valence-corrected chi connectivity index (χ0v) is 5.03.